The zero-order chi connectivity index (χ0) is 14.6. The highest BCUT2D eigenvalue weighted by atomic mass is 16.6. The second kappa shape index (κ2) is 5.88. The van der Waals surface area contributed by atoms with E-state index in [2.05, 4.69) is 5.32 Å². The maximum absolute atomic E-state index is 10.9. The molecule has 2 N–H and O–H groups in total. The summed E-state index contributed by atoms with van der Waals surface area (Å²) in [6.07, 6.45) is -0.0688. The first-order chi connectivity index (χ1) is 8.73. The fourth-order valence-corrected chi connectivity index (χ4v) is 1.53. The highest BCUT2D eigenvalue weighted by molar-refractivity contribution is 5.57. The lowest BCUT2D eigenvalue weighted by Crippen LogP contribution is -2.34. The fourth-order valence-electron chi connectivity index (χ4n) is 1.53. The van der Waals surface area contributed by atoms with Gasteiger partial charge in [0.15, 0.2) is 0 Å². The summed E-state index contributed by atoms with van der Waals surface area (Å²) in [6, 6.07) is 4.49. The molecule has 0 heterocycles. The Morgan fingerprint density at radius 3 is 2.53 bits per heavy atom. The topological polar surface area (TPSA) is 84.6 Å². The molecule has 0 aliphatic rings. The smallest absolute Gasteiger partial charge is 0.275 e. The van der Waals surface area contributed by atoms with Crippen LogP contribution in [0.2, 0.25) is 0 Å². The molecule has 0 aliphatic heterocycles. The largest absolute Gasteiger partial charge is 0.491 e. The summed E-state index contributed by atoms with van der Waals surface area (Å²) in [6.45, 7) is 7.22. The molecule has 0 saturated heterocycles. The number of anilines is 1. The van der Waals surface area contributed by atoms with Crippen molar-refractivity contribution in [1.82, 2.24) is 0 Å². The summed E-state index contributed by atoms with van der Waals surface area (Å²) < 4.78 is 5.49. The van der Waals surface area contributed by atoms with Crippen LogP contribution in [-0.2, 0) is 0 Å². The van der Waals surface area contributed by atoms with E-state index in [4.69, 9.17) is 4.74 Å². The Morgan fingerprint density at radius 2 is 2.05 bits per heavy atom. The second-order valence-corrected chi connectivity index (χ2v) is 5.31. The van der Waals surface area contributed by atoms with E-state index < -0.39 is 10.5 Å². The lowest BCUT2D eigenvalue weighted by Gasteiger charge is -2.25. The van der Waals surface area contributed by atoms with Gasteiger partial charge in [0.1, 0.15) is 5.75 Å². The van der Waals surface area contributed by atoms with Crippen LogP contribution < -0.4 is 10.1 Å². The molecule has 0 spiro atoms. The summed E-state index contributed by atoms with van der Waals surface area (Å²) in [5.74, 6) is 0.431. The van der Waals surface area contributed by atoms with Crippen molar-refractivity contribution >= 4 is 11.4 Å². The average Bonchev–Trinajstić information content (AvgIpc) is 2.27. The van der Waals surface area contributed by atoms with Crippen LogP contribution in [0.5, 0.6) is 5.75 Å². The minimum absolute atomic E-state index is 0.0469. The van der Waals surface area contributed by atoms with E-state index in [0.717, 1.165) is 0 Å². The third-order valence-electron chi connectivity index (χ3n) is 2.35. The van der Waals surface area contributed by atoms with Gasteiger partial charge < -0.3 is 15.2 Å². The van der Waals surface area contributed by atoms with Gasteiger partial charge in [0.2, 0.25) is 0 Å². The summed E-state index contributed by atoms with van der Waals surface area (Å²) in [7, 11) is 0. The van der Waals surface area contributed by atoms with Gasteiger partial charge in [-0.05, 0) is 27.7 Å². The van der Waals surface area contributed by atoms with Gasteiger partial charge in [-0.1, -0.05) is 0 Å². The van der Waals surface area contributed by atoms with Crippen molar-refractivity contribution in [3.05, 3.63) is 28.3 Å². The molecule has 0 atom stereocenters. The van der Waals surface area contributed by atoms with Gasteiger partial charge in [0, 0.05) is 17.8 Å². The molecule has 0 radical (unpaired) electrons. The lowest BCUT2D eigenvalue weighted by molar-refractivity contribution is -0.384. The summed E-state index contributed by atoms with van der Waals surface area (Å²) in [5.41, 5.74) is -0.0667. The number of nitrogens with zero attached hydrogens (tertiary/aromatic N) is 1. The van der Waals surface area contributed by atoms with Crippen molar-refractivity contribution < 1.29 is 14.8 Å². The zero-order valence-electron chi connectivity index (χ0n) is 11.6. The van der Waals surface area contributed by atoms with E-state index in [1.165, 1.54) is 12.1 Å². The molecule has 0 aromatic heterocycles. The van der Waals surface area contributed by atoms with Crippen molar-refractivity contribution in [2.45, 2.75) is 39.3 Å². The van der Waals surface area contributed by atoms with Gasteiger partial charge in [-0.3, -0.25) is 10.1 Å². The molecule has 19 heavy (non-hydrogen) atoms. The maximum Gasteiger partial charge on any atom is 0.275 e. The molecule has 1 aromatic rings. The maximum atomic E-state index is 10.9. The van der Waals surface area contributed by atoms with E-state index in [0.29, 0.717) is 11.4 Å². The van der Waals surface area contributed by atoms with Gasteiger partial charge in [-0.15, -0.1) is 0 Å². The quantitative estimate of drug-likeness (QED) is 0.612. The van der Waals surface area contributed by atoms with Crippen LogP contribution in [0.4, 0.5) is 11.4 Å². The molecule has 0 fully saturated rings. The molecule has 0 saturated carbocycles. The van der Waals surface area contributed by atoms with E-state index in [1.54, 1.807) is 19.9 Å². The SMILES string of the molecule is CC(C)Oc1cc(NC(C)(C)CO)cc([N+](=O)[O-])c1. The number of nitrogens with one attached hydrogen (secondary N) is 1. The zero-order valence-corrected chi connectivity index (χ0v) is 11.6. The highest BCUT2D eigenvalue weighted by Crippen LogP contribution is 2.28. The molecule has 106 valence electrons. The number of hydrogen-bond donors (Lipinski definition) is 2. The number of rotatable bonds is 6. The number of non-ortho nitro benzene ring substituents is 1. The van der Waals surface area contributed by atoms with E-state index in [1.807, 2.05) is 13.8 Å². The van der Waals surface area contributed by atoms with Crippen molar-refractivity contribution in [3.8, 4) is 5.75 Å². The molecule has 1 rings (SSSR count). The summed E-state index contributed by atoms with van der Waals surface area (Å²) in [5, 5.41) is 23.2. The van der Waals surface area contributed by atoms with Crippen LogP contribution >= 0.6 is 0 Å². The Hall–Kier alpha value is -1.82. The minimum atomic E-state index is -0.565. The lowest BCUT2D eigenvalue weighted by atomic mass is 10.1. The minimum Gasteiger partial charge on any atom is -0.491 e. The summed E-state index contributed by atoms with van der Waals surface area (Å²) in [4.78, 5) is 10.4. The van der Waals surface area contributed by atoms with E-state index >= 15 is 0 Å². The number of benzene rings is 1. The van der Waals surface area contributed by atoms with Crippen LogP contribution in [0.15, 0.2) is 18.2 Å². The molecule has 0 aliphatic carbocycles. The van der Waals surface area contributed by atoms with Crippen molar-refractivity contribution in [2.24, 2.45) is 0 Å². The van der Waals surface area contributed by atoms with Crippen LogP contribution in [0.25, 0.3) is 0 Å². The van der Waals surface area contributed by atoms with E-state index in [-0.39, 0.29) is 18.4 Å². The normalized spacial score (nSPS) is 11.5. The molecule has 0 amide bonds. The Bertz CT molecular complexity index is 458. The van der Waals surface area contributed by atoms with Crippen molar-refractivity contribution in [3.63, 3.8) is 0 Å². The third-order valence-corrected chi connectivity index (χ3v) is 2.35. The molecule has 6 heteroatoms. The summed E-state index contributed by atoms with van der Waals surface area (Å²) >= 11 is 0. The number of hydrogen-bond acceptors (Lipinski definition) is 5. The first kappa shape index (κ1) is 15.2. The predicted molar refractivity (Wildman–Crippen MR) is 73.6 cm³/mol. The first-order valence-electron chi connectivity index (χ1n) is 6.09. The fraction of sp³-hybridized carbons (Fsp3) is 0.538. The number of nitro benzene ring substituents is 1. The van der Waals surface area contributed by atoms with Crippen LogP contribution in [0.3, 0.4) is 0 Å². The van der Waals surface area contributed by atoms with Gasteiger partial charge >= 0.3 is 0 Å². The molecule has 0 unspecified atom stereocenters. The van der Waals surface area contributed by atoms with Gasteiger partial charge in [0.25, 0.3) is 5.69 Å². The number of ether oxygens (including phenoxy) is 1. The highest BCUT2D eigenvalue weighted by Gasteiger charge is 2.18. The van der Waals surface area contributed by atoms with E-state index in [9.17, 15) is 15.2 Å². The van der Waals surface area contributed by atoms with Crippen LogP contribution in [0.1, 0.15) is 27.7 Å². The Labute approximate surface area is 112 Å². The number of aliphatic hydroxyl groups excluding tert-OH is 1. The van der Waals surface area contributed by atoms with Crippen molar-refractivity contribution in [2.75, 3.05) is 11.9 Å². The number of aliphatic hydroxyl groups is 1. The number of nitro groups is 1. The van der Waals surface area contributed by atoms with Crippen LogP contribution in [0, 0.1) is 10.1 Å². The molecule has 6 nitrogen and oxygen atoms in total. The molecule has 0 bridgehead atoms. The monoisotopic (exact) mass is 268 g/mol. The predicted octanol–water partition coefficient (Wildman–Crippen LogP) is 2.56. The molecular formula is C13H20N2O4. The second-order valence-electron chi connectivity index (χ2n) is 5.31. The standard InChI is InChI=1S/C13H20N2O4/c1-9(2)19-12-6-10(14-13(3,4)8-16)5-11(7-12)15(17)18/h5-7,9,14,16H,8H2,1-4H3. The Balaban J connectivity index is 3.09. The molecule has 1 aromatic carbocycles. The average molecular weight is 268 g/mol. The van der Waals surface area contributed by atoms with Crippen molar-refractivity contribution in [1.29, 1.82) is 0 Å². The Morgan fingerprint density at radius 1 is 1.42 bits per heavy atom. The Kier molecular flexibility index (Phi) is 4.72. The molecular weight excluding hydrogens is 248 g/mol. The third kappa shape index (κ3) is 4.75. The van der Waals surface area contributed by atoms with Crippen LogP contribution in [-0.4, -0.2) is 28.3 Å². The first-order valence-corrected chi connectivity index (χ1v) is 6.09. The van der Waals surface area contributed by atoms with Gasteiger partial charge in [-0.25, -0.2) is 0 Å². The van der Waals surface area contributed by atoms with Gasteiger partial charge in [0.05, 0.1) is 29.2 Å². The van der Waals surface area contributed by atoms with Gasteiger partial charge in [-0.2, -0.15) is 0 Å².